The predicted molar refractivity (Wildman–Crippen MR) is 188 cm³/mol. The minimum Gasteiger partial charge on any atom is -0.383 e. The van der Waals surface area contributed by atoms with Gasteiger partial charge in [0.25, 0.3) is 15.9 Å². The van der Waals surface area contributed by atoms with Gasteiger partial charge in [0.15, 0.2) is 5.11 Å². The van der Waals surface area contributed by atoms with Crippen molar-refractivity contribution in [1.82, 2.24) is 15.3 Å². The number of Topliss-reactive ketones (excluding diaryl/α,β-unsaturated/α-hetero) is 1. The van der Waals surface area contributed by atoms with Gasteiger partial charge in [-0.3, -0.25) is 14.9 Å². The normalized spacial score (nSPS) is 11.5. The summed E-state index contributed by atoms with van der Waals surface area (Å²) < 4.78 is 29.0. The average molecular weight is 717 g/mol. The van der Waals surface area contributed by atoms with Gasteiger partial charge in [0.1, 0.15) is 17.4 Å². The molecule has 0 aliphatic heterocycles. The zero-order valence-corrected chi connectivity index (χ0v) is 27.7. The molecule has 48 heavy (non-hydrogen) atoms. The summed E-state index contributed by atoms with van der Waals surface area (Å²) in [7, 11) is -4.31. The molecule has 5 rings (SSSR count). The standard InChI is InChI=1S/C33H23Cl2N7O4S2/c34-22-10-6-19(7-11-22)26(18-36)29(43)28-27(20-8-12-23(35)13-9-20)30(37)40-32(39-28)42-48(45,46)25-16-14-24(15-17-25)38-33(47)41-31(44)21-4-2-1-3-5-21/h1-17,26H,(H3,37,39,40,42)(H2,38,41,44,47)/t26-/m1/s1. The van der Waals surface area contributed by atoms with E-state index >= 15 is 0 Å². The number of carbonyl (C=O) groups excluding carboxylic acids is 2. The van der Waals surface area contributed by atoms with Crippen molar-refractivity contribution in [2.24, 2.45) is 0 Å². The van der Waals surface area contributed by atoms with Crippen LogP contribution in [-0.4, -0.2) is 35.2 Å². The molecule has 0 saturated carbocycles. The number of nitriles is 1. The molecule has 240 valence electrons. The first-order chi connectivity index (χ1) is 22.9. The molecule has 1 heterocycles. The second-order valence-electron chi connectivity index (χ2n) is 10.0. The van der Waals surface area contributed by atoms with E-state index in [4.69, 9.17) is 41.2 Å². The number of nitrogens with two attached hydrogens (primary N) is 1. The quantitative estimate of drug-likeness (QED) is 0.0978. The molecule has 0 bridgehead atoms. The molecule has 5 aromatic rings. The number of anilines is 3. The number of hydrogen-bond donors (Lipinski definition) is 4. The van der Waals surface area contributed by atoms with Gasteiger partial charge in [0.05, 0.1) is 16.5 Å². The van der Waals surface area contributed by atoms with E-state index in [0.29, 0.717) is 32.4 Å². The fourth-order valence-corrected chi connectivity index (χ4v) is 5.91. The van der Waals surface area contributed by atoms with Crippen LogP contribution < -0.4 is 21.1 Å². The van der Waals surface area contributed by atoms with Crippen LogP contribution in [0.5, 0.6) is 0 Å². The number of nitrogens with zero attached hydrogens (tertiary/aromatic N) is 3. The summed E-state index contributed by atoms with van der Waals surface area (Å²) in [5.41, 5.74) is 7.70. The van der Waals surface area contributed by atoms with Crippen molar-refractivity contribution >= 4 is 79.7 Å². The highest BCUT2D eigenvalue weighted by Gasteiger charge is 2.29. The molecule has 4 aromatic carbocycles. The molecule has 0 radical (unpaired) electrons. The summed E-state index contributed by atoms with van der Waals surface area (Å²) in [6.07, 6.45) is 0. The zero-order chi connectivity index (χ0) is 34.4. The Morgan fingerprint density at radius 1 is 0.854 bits per heavy atom. The summed E-state index contributed by atoms with van der Waals surface area (Å²) in [6, 6.07) is 28.4. The molecule has 1 aromatic heterocycles. The number of nitrogen functional groups attached to an aromatic ring is 1. The van der Waals surface area contributed by atoms with Crippen molar-refractivity contribution in [2.45, 2.75) is 10.8 Å². The van der Waals surface area contributed by atoms with Crippen LogP contribution in [0.4, 0.5) is 17.5 Å². The molecule has 0 unspecified atom stereocenters. The first-order valence-electron chi connectivity index (χ1n) is 13.9. The Kier molecular flexibility index (Phi) is 10.3. The van der Waals surface area contributed by atoms with Crippen LogP contribution in [0.2, 0.25) is 10.0 Å². The molecule has 1 atom stereocenters. The number of thiocarbonyl (C=S) groups is 1. The number of benzene rings is 4. The molecule has 15 heteroatoms. The number of hydrogen-bond acceptors (Lipinski definition) is 9. The van der Waals surface area contributed by atoms with E-state index in [0.717, 1.165) is 0 Å². The average Bonchev–Trinajstić information content (AvgIpc) is 3.06. The van der Waals surface area contributed by atoms with E-state index in [1.165, 1.54) is 48.5 Å². The molecule has 0 saturated heterocycles. The van der Waals surface area contributed by atoms with Crippen LogP contribution in [0, 0.1) is 11.3 Å². The monoisotopic (exact) mass is 715 g/mol. The van der Waals surface area contributed by atoms with Crippen molar-refractivity contribution in [1.29, 1.82) is 5.26 Å². The highest BCUT2D eigenvalue weighted by Crippen LogP contribution is 2.33. The summed E-state index contributed by atoms with van der Waals surface area (Å²) in [6.45, 7) is 0. The minimum atomic E-state index is -4.31. The maximum Gasteiger partial charge on any atom is 0.264 e. The first kappa shape index (κ1) is 34.0. The maximum absolute atomic E-state index is 13.9. The Morgan fingerprint density at radius 2 is 1.46 bits per heavy atom. The Balaban J connectivity index is 1.41. The van der Waals surface area contributed by atoms with Crippen LogP contribution in [0.3, 0.4) is 0 Å². The van der Waals surface area contributed by atoms with Gasteiger partial charge >= 0.3 is 0 Å². The molecular formula is C33H23Cl2N7O4S2. The minimum absolute atomic E-state index is 0.00806. The third kappa shape index (κ3) is 7.93. The fourth-order valence-electron chi connectivity index (χ4n) is 4.50. The molecule has 0 fully saturated rings. The third-order valence-electron chi connectivity index (χ3n) is 6.81. The summed E-state index contributed by atoms with van der Waals surface area (Å²) >= 11 is 17.3. The van der Waals surface area contributed by atoms with Crippen LogP contribution in [0.15, 0.2) is 108 Å². The smallest absolute Gasteiger partial charge is 0.264 e. The van der Waals surface area contributed by atoms with E-state index in [1.807, 2.05) is 6.07 Å². The van der Waals surface area contributed by atoms with Crippen LogP contribution >= 0.6 is 35.4 Å². The topological polar surface area (TPSA) is 180 Å². The molecule has 11 nitrogen and oxygen atoms in total. The van der Waals surface area contributed by atoms with Gasteiger partial charge in [0, 0.05) is 21.3 Å². The second-order valence-corrected chi connectivity index (χ2v) is 13.0. The van der Waals surface area contributed by atoms with Crippen molar-refractivity contribution < 1.29 is 18.0 Å². The Morgan fingerprint density at radius 3 is 2.06 bits per heavy atom. The molecular weight excluding hydrogens is 693 g/mol. The number of rotatable bonds is 9. The fraction of sp³-hybridized carbons (Fsp3) is 0.0303. The lowest BCUT2D eigenvalue weighted by Crippen LogP contribution is -2.34. The number of carbonyl (C=O) groups is 2. The van der Waals surface area contributed by atoms with Gasteiger partial charge in [-0.1, -0.05) is 65.7 Å². The van der Waals surface area contributed by atoms with Gasteiger partial charge in [-0.2, -0.15) is 10.2 Å². The third-order valence-corrected chi connectivity index (χ3v) is 8.86. The van der Waals surface area contributed by atoms with Crippen LogP contribution in [0.1, 0.15) is 32.3 Å². The molecule has 0 aliphatic carbocycles. The maximum atomic E-state index is 13.9. The van der Waals surface area contributed by atoms with E-state index in [9.17, 15) is 23.3 Å². The van der Waals surface area contributed by atoms with E-state index in [2.05, 4.69) is 25.3 Å². The molecule has 5 N–H and O–H groups in total. The lowest BCUT2D eigenvalue weighted by molar-refractivity contribution is 0.0968. The van der Waals surface area contributed by atoms with Crippen molar-refractivity contribution in [3.8, 4) is 17.2 Å². The Bertz CT molecular complexity index is 2160. The van der Waals surface area contributed by atoms with Crippen molar-refractivity contribution in [3.05, 3.63) is 130 Å². The lowest BCUT2D eigenvalue weighted by atomic mass is 9.91. The molecule has 0 aliphatic rings. The van der Waals surface area contributed by atoms with Crippen molar-refractivity contribution in [2.75, 3.05) is 15.8 Å². The first-order valence-corrected chi connectivity index (χ1v) is 16.5. The predicted octanol–water partition coefficient (Wildman–Crippen LogP) is 6.45. The van der Waals surface area contributed by atoms with Gasteiger partial charge in [0.2, 0.25) is 11.7 Å². The van der Waals surface area contributed by atoms with Crippen molar-refractivity contribution in [3.63, 3.8) is 0 Å². The summed E-state index contributed by atoms with van der Waals surface area (Å²) in [4.78, 5) is 34.4. The van der Waals surface area contributed by atoms with E-state index < -0.39 is 33.6 Å². The lowest BCUT2D eigenvalue weighted by Gasteiger charge is -2.16. The number of amides is 1. The number of nitrogens with one attached hydrogen (secondary N) is 3. The zero-order valence-electron chi connectivity index (χ0n) is 24.5. The van der Waals surface area contributed by atoms with E-state index in [1.54, 1.807) is 54.6 Å². The number of sulfonamides is 1. The SMILES string of the molecule is N#C[C@@H](C(=O)c1nc(NS(=O)(=O)c2ccc(NC(=S)NC(=O)c3ccccc3)cc2)nc(N)c1-c1ccc(Cl)cc1)c1ccc(Cl)cc1. The van der Waals surface area contributed by atoms with Gasteiger partial charge in [-0.25, -0.2) is 18.1 Å². The second kappa shape index (κ2) is 14.6. The Labute approximate surface area is 290 Å². The van der Waals surface area contributed by atoms with Gasteiger partial charge < -0.3 is 11.1 Å². The highest BCUT2D eigenvalue weighted by atomic mass is 35.5. The largest absolute Gasteiger partial charge is 0.383 e. The summed E-state index contributed by atoms with van der Waals surface area (Å²) in [5, 5.41) is 16.2. The number of aromatic nitrogens is 2. The van der Waals surface area contributed by atoms with Gasteiger partial charge in [-0.05, 0) is 84.0 Å². The number of ketones is 1. The Hall–Kier alpha value is -5.39. The molecule has 1 amide bonds. The van der Waals surface area contributed by atoms with Crippen LogP contribution in [-0.2, 0) is 10.0 Å². The summed E-state index contributed by atoms with van der Waals surface area (Å²) in [5.74, 6) is -3.19. The van der Waals surface area contributed by atoms with E-state index in [-0.39, 0.29) is 27.1 Å². The highest BCUT2D eigenvalue weighted by molar-refractivity contribution is 7.92. The van der Waals surface area contributed by atoms with Crippen LogP contribution in [0.25, 0.3) is 11.1 Å². The van der Waals surface area contributed by atoms with Gasteiger partial charge in [-0.15, -0.1) is 0 Å². The molecule has 0 spiro atoms. The number of halogens is 2.